The van der Waals surface area contributed by atoms with Crippen LogP contribution in [-0.2, 0) is 0 Å². The summed E-state index contributed by atoms with van der Waals surface area (Å²) < 4.78 is 85.5. The Labute approximate surface area is 766 Å². The number of pyridine rings is 5. The predicted molar refractivity (Wildman–Crippen MR) is 507 cm³/mol. The molecule has 0 radical (unpaired) electrons. The van der Waals surface area contributed by atoms with Crippen LogP contribution in [0.4, 0.5) is 49.6 Å². The van der Waals surface area contributed by atoms with E-state index >= 15 is 0 Å². The van der Waals surface area contributed by atoms with Crippen LogP contribution >= 0.6 is 0 Å². The molecule has 678 valence electrons. The molecule has 133 heavy (non-hydrogen) atoms. The highest BCUT2D eigenvalue weighted by atomic mass is 19.3. The number of fused-ring (bicyclic) bond motifs is 16. The van der Waals surface area contributed by atoms with E-state index in [2.05, 4.69) is 142 Å². The average Bonchev–Trinajstić information content (AvgIpc) is 1.29. The van der Waals surface area contributed by atoms with Crippen LogP contribution in [0.1, 0.15) is 136 Å². The summed E-state index contributed by atoms with van der Waals surface area (Å²) in [5.41, 5.74) is 13.3. The van der Waals surface area contributed by atoms with E-state index in [0.29, 0.717) is 156 Å². The topological polar surface area (TPSA) is 288 Å². The summed E-state index contributed by atoms with van der Waals surface area (Å²) in [6.45, 7) is 8.63. The molecule has 0 amide bonds. The molecule has 8 bridgehead atoms. The second-order valence-corrected chi connectivity index (χ2v) is 38.1. The Morgan fingerprint density at radius 2 is 0.617 bits per heavy atom. The quantitative estimate of drug-likeness (QED) is 0.0370. The molecule has 12 aliphatic carbocycles. The van der Waals surface area contributed by atoms with Crippen molar-refractivity contribution in [3.63, 3.8) is 0 Å². The van der Waals surface area contributed by atoms with E-state index in [4.69, 9.17) is 39.9 Å². The lowest BCUT2D eigenvalue weighted by Gasteiger charge is -2.47. The Morgan fingerprint density at radius 1 is 0.316 bits per heavy atom. The van der Waals surface area contributed by atoms with Gasteiger partial charge in [-0.1, -0.05) is 81.8 Å². The number of aromatic nitrogens is 17. The third kappa shape index (κ3) is 18.0. The number of anilines is 4. The minimum absolute atomic E-state index is 0.0756. The number of hydrogen-bond acceptors (Lipinski definition) is 18. The van der Waals surface area contributed by atoms with E-state index in [0.717, 1.165) is 103 Å². The molecule has 0 saturated heterocycles. The molecule has 3 aromatic carbocycles. The molecule has 12 saturated carbocycles. The molecule has 13 aromatic heterocycles. The number of halogens is 6. The van der Waals surface area contributed by atoms with Gasteiger partial charge in [0.15, 0.2) is 23.3 Å². The van der Waals surface area contributed by atoms with Crippen molar-refractivity contribution in [3.05, 3.63) is 230 Å². The van der Waals surface area contributed by atoms with Crippen molar-refractivity contribution in [1.29, 1.82) is 0 Å². The molecule has 0 aliphatic heterocycles. The zero-order chi connectivity index (χ0) is 90.6. The van der Waals surface area contributed by atoms with E-state index in [1.165, 1.54) is 163 Å². The second kappa shape index (κ2) is 36.9. The van der Waals surface area contributed by atoms with Crippen LogP contribution in [0.25, 0.3) is 135 Å². The molecule has 12 aliphatic rings. The van der Waals surface area contributed by atoms with Gasteiger partial charge in [0.2, 0.25) is 0 Å². The molecule has 8 unspecified atom stereocenters. The molecule has 12 fully saturated rings. The van der Waals surface area contributed by atoms with Gasteiger partial charge in [-0.3, -0.25) is 4.98 Å². The molecular formula is C105H105F6N21O. The number of nitrogens with zero attached hydrogens (tertiary/aromatic N) is 13. The van der Waals surface area contributed by atoms with Crippen LogP contribution in [0, 0.1) is 101 Å². The maximum Gasteiger partial charge on any atom is 0.387 e. The molecule has 28 rings (SSSR count). The van der Waals surface area contributed by atoms with Gasteiger partial charge in [-0.15, -0.1) is 0 Å². The van der Waals surface area contributed by atoms with Gasteiger partial charge in [0.05, 0.1) is 47.6 Å². The molecule has 0 spiro atoms. The van der Waals surface area contributed by atoms with Gasteiger partial charge in [-0.2, -0.15) is 8.78 Å². The summed E-state index contributed by atoms with van der Waals surface area (Å²) in [6, 6.07) is 44.2. The van der Waals surface area contributed by atoms with Crippen LogP contribution in [0.5, 0.6) is 5.75 Å². The van der Waals surface area contributed by atoms with Crippen molar-refractivity contribution in [3.8, 4) is 96.3 Å². The average molecular weight is 1790 g/mol. The summed E-state index contributed by atoms with van der Waals surface area (Å²) in [5, 5.41) is 17.7. The maximum atomic E-state index is 14.0. The van der Waals surface area contributed by atoms with Gasteiger partial charge >= 0.3 is 6.61 Å². The fourth-order valence-electron chi connectivity index (χ4n) is 23.2. The number of aromatic amines is 4. The predicted octanol–water partition coefficient (Wildman–Crippen LogP) is 24.6. The highest BCUT2D eigenvalue weighted by Crippen LogP contribution is 2.51. The molecule has 28 heteroatoms. The van der Waals surface area contributed by atoms with E-state index in [1.54, 1.807) is 36.9 Å². The third-order valence-electron chi connectivity index (χ3n) is 30.4. The second-order valence-electron chi connectivity index (χ2n) is 38.1. The molecule has 22 nitrogen and oxygen atoms in total. The lowest BCUT2D eigenvalue weighted by atomic mass is 9.62. The molecule has 16 aromatic rings. The van der Waals surface area contributed by atoms with E-state index in [1.807, 2.05) is 67.0 Å². The highest BCUT2D eigenvalue weighted by Gasteiger charge is 2.46. The molecular weight excluding hydrogens is 1690 g/mol. The first kappa shape index (κ1) is 86.2. The van der Waals surface area contributed by atoms with Crippen molar-refractivity contribution in [2.24, 2.45) is 71.0 Å². The van der Waals surface area contributed by atoms with Crippen LogP contribution in [0.3, 0.4) is 0 Å². The van der Waals surface area contributed by atoms with Crippen LogP contribution in [0.15, 0.2) is 201 Å². The number of rotatable bonds is 18. The van der Waals surface area contributed by atoms with E-state index < -0.39 is 12.4 Å². The maximum absolute atomic E-state index is 14.0. The lowest BCUT2D eigenvalue weighted by molar-refractivity contribution is -0.0498. The van der Waals surface area contributed by atoms with Crippen LogP contribution in [0.2, 0.25) is 0 Å². The monoisotopic (exact) mass is 1790 g/mol. The van der Waals surface area contributed by atoms with Crippen molar-refractivity contribution >= 4 is 67.4 Å². The number of nitrogens with one attached hydrogen (secondary N) is 8. The van der Waals surface area contributed by atoms with Crippen LogP contribution in [-0.4, -0.2) is 116 Å². The lowest BCUT2D eigenvalue weighted by Crippen LogP contribution is -2.47. The van der Waals surface area contributed by atoms with Gasteiger partial charge in [-0.05, 0) is 247 Å². The summed E-state index contributed by atoms with van der Waals surface area (Å²) in [5.74, 6) is 12.0. The standard InChI is InChI=1S/C27H26F3N5O.C27H28FN5.C26H26FN5.C25H25FN6/c1-14-15-2-4-17(5-3-15)24(14)34-23-11-22(16-6-8-19(9-7-16)36-27(29)30)33-26(35-23)21-13-32-25-20(21)10-18(28)12-31-25;1-15-4-3-5-19(10-15)23-12-24(32-25-16(2)17-6-8-18(25)9-7-17)33-27(31-23)22-14-30-26-21(22)11-20(28)13-29-26;1-15-16-7-9-18(10-8-16)24(15)31-23-12-22(17-5-3-2-4-6-17)30-26(32-23)21-14-29-25-20(21)11-19(27)13-28-25;1-14-15-4-6-16(7-5-15)23(14)31-22-10-21(17-3-2-8-27-11-17)30-25(32-22)20-13-29-24-19(20)9-18(26)12-28-24/h6-15,17,24,27H,2-5H2,1H3,(H,31,32)(H,33,34,35);3-5,10-14,16-18,25H,6-9H2,1-2H3,(H,29,30)(H,31,32,33);2-6,11-16,18,24H,7-10H2,1H3,(H,28,29)(H,30,31,32);2-3,8-16,23H,4-7H2,1H3,(H,28,29)(H,30,31,32). The number of aryl methyl sites for hydroxylation is 1. The first-order valence-corrected chi connectivity index (χ1v) is 47.0. The van der Waals surface area contributed by atoms with Crippen LogP contribution < -0.4 is 26.0 Å². The normalized spacial score (nSPS) is 24.2. The van der Waals surface area contributed by atoms with Gasteiger partial charge in [0, 0.05) is 152 Å². The summed E-state index contributed by atoms with van der Waals surface area (Å²) >= 11 is 0. The molecule has 8 atom stereocenters. The van der Waals surface area contributed by atoms with Crippen molar-refractivity contribution in [2.75, 3.05) is 21.3 Å². The first-order chi connectivity index (χ1) is 64.8. The van der Waals surface area contributed by atoms with Gasteiger partial charge in [0.25, 0.3) is 0 Å². The Balaban J connectivity index is 0.000000107. The van der Waals surface area contributed by atoms with E-state index in [9.17, 15) is 26.3 Å². The van der Waals surface area contributed by atoms with Gasteiger partial charge in [-0.25, -0.2) is 77.4 Å². The fourth-order valence-corrected chi connectivity index (χ4v) is 23.2. The number of H-pyrrole nitrogens is 4. The van der Waals surface area contributed by atoms with Crippen molar-refractivity contribution in [2.45, 2.75) is 168 Å². The van der Waals surface area contributed by atoms with E-state index in [-0.39, 0.29) is 23.2 Å². The first-order valence-electron chi connectivity index (χ1n) is 47.0. The summed E-state index contributed by atoms with van der Waals surface area (Å²) in [4.78, 5) is 72.2. The van der Waals surface area contributed by atoms with Gasteiger partial charge in [0.1, 0.15) is 74.9 Å². The Kier molecular flexibility index (Phi) is 23.9. The number of hydrogen-bond donors (Lipinski definition) is 8. The van der Waals surface area contributed by atoms with Crippen molar-refractivity contribution < 1.29 is 31.1 Å². The smallest absolute Gasteiger partial charge is 0.387 e. The third-order valence-corrected chi connectivity index (χ3v) is 30.4. The molecule has 8 N–H and O–H groups in total. The van der Waals surface area contributed by atoms with Gasteiger partial charge < -0.3 is 45.9 Å². The number of ether oxygens (including phenoxy) is 1. The zero-order valence-electron chi connectivity index (χ0n) is 74.7. The SMILES string of the molecule is CC1C2CCC(CC2)C1Nc1cc(-c2ccc(OC(F)F)cc2)nc(-c2c[nH]c3ncc(F)cc23)n1.CC1C2CCC(CC2)C1Nc1cc(-c2ccccc2)nc(-c2c[nH]c3ncc(F)cc23)n1.CC1C2CCC(CC2)C1Nc1cc(-c2cccnc2)nc(-c2c[nH]c3ncc(F)cc23)n1.Cc1cccc(-c2cc(NC3C4CCC(CC4)C3C)nc(-c3c[nH]c4ncc(F)cc34)n2)c1. The highest BCUT2D eigenvalue weighted by molar-refractivity contribution is 5.95. The fraction of sp³-hybridized carbons (Fsp3) is 0.362. The Bertz CT molecular complexity index is 6650. The largest absolute Gasteiger partial charge is 0.435 e. The Morgan fingerprint density at radius 3 is 0.925 bits per heavy atom. The summed E-state index contributed by atoms with van der Waals surface area (Å²) in [7, 11) is 0. The Hall–Kier alpha value is -13.5. The molecule has 13 heterocycles. The minimum Gasteiger partial charge on any atom is -0.435 e. The zero-order valence-corrected chi connectivity index (χ0v) is 74.7. The van der Waals surface area contributed by atoms with Crippen molar-refractivity contribution in [1.82, 2.24) is 84.7 Å². The summed E-state index contributed by atoms with van der Waals surface area (Å²) in [6.07, 6.45) is 36.4. The minimum atomic E-state index is -2.89. The number of benzene rings is 3. The number of alkyl halides is 2.